The van der Waals surface area contributed by atoms with Gasteiger partial charge in [-0.15, -0.1) is 0 Å². The first kappa shape index (κ1) is 14.8. The molecule has 3 N–H and O–H groups in total. The van der Waals surface area contributed by atoms with Gasteiger partial charge < -0.3 is 15.5 Å². The highest BCUT2D eigenvalue weighted by Crippen LogP contribution is 2.18. The number of aromatic nitrogens is 1. The molecule has 0 aliphatic rings. The molecule has 0 saturated heterocycles. The predicted octanol–water partition coefficient (Wildman–Crippen LogP) is -0.182. The summed E-state index contributed by atoms with van der Waals surface area (Å²) in [6, 6.07) is 0.901. The van der Waals surface area contributed by atoms with Crippen molar-refractivity contribution in [1.82, 2.24) is 10.3 Å². The van der Waals surface area contributed by atoms with Gasteiger partial charge >= 0.3 is 5.97 Å². The van der Waals surface area contributed by atoms with Crippen LogP contribution in [0.15, 0.2) is 12.3 Å². The second-order valence-electron chi connectivity index (χ2n) is 3.35. The zero-order valence-corrected chi connectivity index (χ0v) is 9.99. The third kappa shape index (κ3) is 3.86. The Morgan fingerprint density at radius 1 is 1.58 bits per heavy atom. The van der Waals surface area contributed by atoms with Crippen molar-refractivity contribution in [3.8, 4) is 0 Å². The van der Waals surface area contributed by atoms with Crippen molar-refractivity contribution in [1.29, 1.82) is 0 Å². The molecule has 1 aromatic rings. The largest absolute Gasteiger partial charge is 0.479 e. The maximum Gasteiger partial charge on any atom is 0.334 e. The molecule has 0 fully saturated rings. The number of aliphatic hydroxyl groups is 1. The van der Waals surface area contributed by atoms with Gasteiger partial charge in [-0.3, -0.25) is 14.9 Å². The zero-order valence-electron chi connectivity index (χ0n) is 9.24. The van der Waals surface area contributed by atoms with E-state index >= 15 is 0 Å². The first-order valence-corrected chi connectivity index (χ1v) is 5.19. The molecule has 0 radical (unpaired) electrons. The van der Waals surface area contributed by atoms with Gasteiger partial charge in [-0.05, 0) is 0 Å². The number of nitro groups is 1. The first-order chi connectivity index (χ1) is 8.82. The van der Waals surface area contributed by atoms with Crippen LogP contribution < -0.4 is 5.32 Å². The smallest absolute Gasteiger partial charge is 0.334 e. The molecule has 10 heteroatoms. The Kier molecular flexibility index (Phi) is 4.73. The van der Waals surface area contributed by atoms with Crippen LogP contribution in [0.25, 0.3) is 0 Å². The summed E-state index contributed by atoms with van der Waals surface area (Å²) in [5.74, 6) is -2.38. The number of amides is 1. The van der Waals surface area contributed by atoms with E-state index < -0.39 is 35.1 Å². The number of carboxylic acid groups (broad SMARTS) is 1. The van der Waals surface area contributed by atoms with Gasteiger partial charge in [0.25, 0.3) is 11.6 Å². The molecule has 1 rings (SSSR count). The van der Waals surface area contributed by atoms with Crippen molar-refractivity contribution >= 4 is 29.2 Å². The Bertz CT molecular complexity index is 535. The summed E-state index contributed by atoms with van der Waals surface area (Å²) < 4.78 is 0. The lowest BCUT2D eigenvalue weighted by atomic mass is 10.2. The lowest BCUT2D eigenvalue weighted by Gasteiger charge is -2.08. The van der Waals surface area contributed by atoms with Crippen LogP contribution in [0.3, 0.4) is 0 Å². The van der Waals surface area contributed by atoms with Gasteiger partial charge in [0.1, 0.15) is 11.3 Å². The maximum absolute atomic E-state index is 11.6. The number of pyridine rings is 1. The van der Waals surface area contributed by atoms with E-state index in [1.165, 1.54) is 0 Å². The van der Waals surface area contributed by atoms with Gasteiger partial charge in [0.05, 0.1) is 17.0 Å². The van der Waals surface area contributed by atoms with Crippen LogP contribution in [0.1, 0.15) is 10.4 Å². The molecular formula is C9H8ClN3O6. The van der Waals surface area contributed by atoms with Crippen LogP contribution in [-0.2, 0) is 4.79 Å². The van der Waals surface area contributed by atoms with E-state index in [1.807, 2.05) is 0 Å². The van der Waals surface area contributed by atoms with Gasteiger partial charge in [-0.1, -0.05) is 11.6 Å². The third-order valence-electron chi connectivity index (χ3n) is 2.02. The normalized spacial score (nSPS) is 11.7. The molecule has 1 atom stereocenters. The van der Waals surface area contributed by atoms with Gasteiger partial charge in [-0.2, -0.15) is 0 Å². The number of hydrogen-bond donors (Lipinski definition) is 3. The quantitative estimate of drug-likeness (QED) is 0.387. The number of carbonyl (C=O) groups is 2. The van der Waals surface area contributed by atoms with E-state index in [-0.39, 0.29) is 10.7 Å². The van der Waals surface area contributed by atoms with Crippen LogP contribution in [0.2, 0.25) is 5.15 Å². The Labute approximate surface area is 111 Å². The standard InChI is InChI=1S/C9H8ClN3O6/c10-7-5(1-4(2-11-7)13(18)19)8(15)12-3-6(14)9(16)17/h1-2,6,14H,3H2,(H,12,15)(H,16,17). The topological polar surface area (TPSA) is 143 Å². The van der Waals surface area contributed by atoms with Crippen LogP contribution in [0, 0.1) is 10.1 Å². The molecule has 0 saturated carbocycles. The molecule has 1 aromatic heterocycles. The monoisotopic (exact) mass is 289 g/mol. The number of carboxylic acids is 1. The third-order valence-corrected chi connectivity index (χ3v) is 2.32. The molecular weight excluding hydrogens is 282 g/mol. The lowest BCUT2D eigenvalue weighted by Crippen LogP contribution is -2.36. The molecule has 1 heterocycles. The van der Waals surface area contributed by atoms with E-state index in [0.717, 1.165) is 12.3 Å². The van der Waals surface area contributed by atoms with Gasteiger partial charge in [-0.25, -0.2) is 9.78 Å². The maximum atomic E-state index is 11.6. The number of aliphatic hydroxyl groups excluding tert-OH is 1. The number of nitrogens with one attached hydrogen (secondary N) is 1. The first-order valence-electron chi connectivity index (χ1n) is 4.82. The number of carbonyl (C=O) groups excluding carboxylic acids is 1. The van der Waals surface area contributed by atoms with Crippen LogP contribution >= 0.6 is 11.6 Å². The minimum Gasteiger partial charge on any atom is -0.479 e. The molecule has 102 valence electrons. The number of aliphatic carboxylic acids is 1. The molecule has 0 spiro atoms. The lowest BCUT2D eigenvalue weighted by molar-refractivity contribution is -0.385. The van der Waals surface area contributed by atoms with Crippen molar-refractivity contribution in [3.63, 3.8) is 0 Å². The van der Waals surface area contributed by atoms with E-state index in [1.54, 1.807) is 0 Å². The summed E-state index contributed by atoms with van der Waals surface area (Å²) in [5, 5.41) is 29.7. The van der Waals surface area contributed by atoms with Crippen LogP contribution in [-0.4, -0.2) is 44.6 Å². The van der Waals surface area contributed by atoms with E-state index in [2.05, 4.69) is 10.3 Å². The van der Waals surface area contributed by atoms with Gasteiger partial charge in [0.15, 0.2) is 6.10 Å². The second kappa shape index (κ2) is 6.07. The van der Waals surface area contributed by atoms with Crippen molar-refractivity contribution in [3.05, 3.63) is 33.1 Å². The Hall–Kier alpha value is -2.26. The average molecular weight is 290 g/mol. The zero-order chi connectivity index (χ0) is 14.6. The molecule has 0 aromatic carbocycles. The molecule has 0 bridgehead atoms. The highest BCUT2D eigenvalue weighted by molar-refractivity contribution is 6.32. The van der Waals surface area contributed by atoms with E-state index in [0.29, 0.717) is 0 Å². The van der Waals surface area contributed by atoms with Gasteiger partial charge in [0.2, 0.25) is 0 Å². The fraction of sp³-hybridized carbons (Fsp3) is 0.222. The Balaban J connectivity index is 2.84. The molecule has 1 unspecified atom stereocenters. The number of rotatable bonds is 5. The highest BCUT2D eigenvalue weighted by Gasteiger charge is 2.19. The molecule has 1 amide bonds. The van der Waals surface area contributed by atoms with Gasteiger partial charge in [0, 0.05) is 6.07 Å². The summed E-state index contributed by atoms with van der Waals surface area (Å²) in [4.78, 5) is 35.2. The minimum atomic E-state index is -1.78. The van der Waals surface area contributed by atoms with Crippen molar-refractivity contribution in [2.75, 3.05) is 6.54 Å². The van der Waals surface area contributed by atoms with E-state index in [4.69, 9.17) is 21.8 Å². The molecule has 0 aliphatic heterocycles. The Morgan fingerprint density at radius 3 is 2.74 bits per heavy atom. The number of hydrogen-bond acceptors (Lipinski definition) is 6. The van der Waals surface area contributed by atoms with Crippen molar-refractivity contribution in [2.45, 2.75) is 6.10 Å². The van der Waals surface area contributed by atoms with Crippen LogP contribution in [0.4, 0.5) is 5.69 Å². The number of halogens is 1. The Morgan fingerprint density at radius 2 is 2.21 bits per heavy atom. The minimum absolute atomic E-state index is 0.270. The van der Waals surface area contributed by atoms with E-state index in [9.17, 15) is 19.7 Å². The average Bonchev–Trinajstić information content (AvgIpc) is 2.35. The predicted molar refractivity (Wildman–Crippen MR) is 61.9 cm³/mol. The van der Waals surface area contributed by atoms with Crippen molar-refractivity contribution in [2.24, 2.45) is 0 Å². The highest BCUT2D eigenvalue weighted by atomic mass is 35.5. The molecule has 0 aliphatic carbocycles. The summed E-state index contributed by atoms with van der Waals surface area (Å²) in [6.07, 6.45) is -0.903. The summed E-state index contributed by atoms with van der Waals surface area (Å²) in [5.41, 5.74) is -0.721. The molecule has 9 nitrogen and oxygen atoms in total. The summed E-state index contributed by atoms with van der Waals surface area (Å²) >= 11 is 5.60. The number of nitrogens with zero attached hydrogens (tertiary/aromatic N) is 2. The summed E-state index contributed by atoms with van der Waals surface area (Å²) in [7, 11) is 0. The molecule has 19 heavy (non-hydrogen) atoms. The van der Waals surface area contributed by atoms with Crippen molar-refractivity contribution < 1.29 is 24.7 Å². The summed E-state index contributed by atoms with van der Waals surface area (Å²) in [6.45, 7) is -0.562. The van der Waals surface area contributed by atoms with Crippen LogP contribution in [0.5, 0.6) is 0 Å². The SMILES string of the molecule is O=C(NCC(O)C(=O)O)c1cc([N+](=O)[O-])cnc1Cl. The fourth-order valence-corrected chi connectivity index (χ4v) is 1.26. The fourth-order valence-electron chi connectivity index (χ4n) is 1.07. The second-order valence-corrected chi connectivity index (χ2v) is 3.71.